The maximum absolute atomic E-state index is 12.2. The molecular weight excluding hydrogens is 380 g/mol. The van der Waals surface area contributed by atoms with Gasteiger partial charge in [0, 0.05) is 17.4 Å². The monoisotopic (exact) mass is 406 g/mol. The van der Waals surface area contributed by atoms with Crippen LogP contribution in [0.2, 0.25) is 0 Å². The van der Waals surface area contributed by atoms with E-state index in [2.05, 4.69) is 10.6 Å². The maximum atomic E-state index is 12.2. The Labute approximate surface area is 176 Å². The lowest BCUT2D eigenvalue weighted by atomic mass is 10.3. The number of nitrogens with one attached hydrogen (secondary N) is 2. The molecule has 0 aliphatic carbocycles. The predicted octanol–water partition coefficient (Wildman–Crippen LogP) is 4.59. The number of amides is 1. The number of hydrogen-bond acceptors (Lipinski definition) is 5. The molecule has 0 fully saturated rings. The van der Waals surface area contributed by atoms with Gasteiger partial charge in [0.1, 0.15) is 30.5 Å². The topological polar surface area (TPSA) is 68.8 Å². The van der Waals surface area contributed by atoms with E-state index < -0.39 is 0 Å². The van der Waals surface area contributed by atoms with Gasteiger partial charge < -0.3 is 24.8 Å². The number of anilines is 2. The van der Waals surface area contributed by atoms with E-state index in [9.17, 15) is 4.79 Å². The third kappa shape index (κ3) is 7.05. The molecule has 0 unspecified atom stereocenters. The molecule has 0 atom stereocenters. The van der Waals surface area contributed by atoms with Crippen molar-refractivity contribution in [2.45, 2.75) is 6.92 Å². The Balaban J connectivity index is 1.40. The summed E-state index contributed by atoms with van der Waals surface area (Å²) in [7, 11) is 0. The highest BCUT2D eigenvalue weighted by Crippen LogP contribution is 2.18. The SMILES string of the molecule is CCOc1ccc(NC(=O)CNc2cccc(OCCOc3ccccc3)c2)cc1. The molecule has 0 aliphatic heterocycles. The lowest BCUT2D eigenvalue weighted by Gasteiger charge is -2.11. The number of ether oxygens (including phenoxy) is 3. The number of para-hydroxylation sites is 1. The van der Waals surface area contributed by atoms with Crippen molar-refractivity contribution < 1.29 is 19.0 Å². The van der Waals surface area contributed by atoms with Crippen LogP contribution in [0.1, 0.15) is 6.92 Å². The van der Waals surface area contributed by atoms with Crippen LogP contribution in [-0.2, 0) is 4.79 Å². The lowest BCUT2D eigenvalue weighted by Crippen LogP contribution is -2.21. The molecule has 6 heteroatoms. The molecule has 0 radical (unpaired) electrons. The van der Waals surface area contributed by atoms with Crippen molar-refractivity contribution in [2.75, 3.05) is 37.0 Å². The second-order valence-corrected chi connectivity index (χ2v) is 6.40. The first kappa shape index (κ1) is 21.0. The number of benzene rings is 3. The first-order valence-electron chi connectivity index (χ1n) is 9.90. The van der Waals surface area contributed by atoms with Crippen molar-refractivity contribution in [3.05, 3.63) is 78.9 Å². The zero-order valence-electron chi connectivity index (χ0n) is 17.0. The number of hydrogen-bond donors (Lipinski definition) is 2. The van der Waals surface area contributed by atoms with Gasteiger partial charge in [-0.2, -0.15) is 0 Å². The van der Waals surface area contributed by atoms with Crippen LogP contribution < -0.4 is 24.8 Å². The predicted molar refractivity (Wildman–Crippen MR) is 119 cm³/mol. The summed E-state index contributed by atoms with van der Waals surface area (Å²) in [6.45, 7) is 3.56. The standard InChI is InChI=1S/C24H26N2O4/c1-2-28-22-13-11-19(12-14-22)26-24(27)18-25-20-7-6-10-23(17-20)30-16-15-29-21-8-4-3-5-9-21/h3-14,17,25H,2,15-16,18H2,1H3,(H,26,27). The van der Waals surface area contributed by atoms with E-state index in [1.807, 2.05) is 85.8 Å². The minimum atomic E-state index is -0.137. The molecule has 1 amide bonds. The van der Waals surface area contributed by atoms with Crippen LogP contribution in [-0.4, -0.2) is 32.3 Å². The van der Waals surface area contributed by atoms with Crippen LogP contribution >= 0.6 is 0 Å². The second-order valence-electron chi connectivity index (χ2n) is 6.40. The summed E-state index contributed by atoms with van der Waals surface area (Å²) in [6.07, 6.45) is 0. The van der Waals surface area contributed by atoms with E-state index in [-0.39, 0.29) is 12.5 Å². The summed E-state index contributed by atoms with van der Waals surface area (Å²) in [5, 5.41) is 5.95. The molecular formula is C24H26N2O4. The van der Waals surface area contributed by atoms with Crippen LogP contribution in [0, 0.1) is 0 Å². The molecule has 0 saturated heterocycles. The second kappa shape index (κ2) is 11.4. The van der Waals surface area contributed by atoms with Gasteiger partial charge in [0.2, 0.25) is 5.91 Å². The average molecular weight is 406 g/mol. The van der Waals surface area contributed by atoms with Gasteiger partial charge in [0.15, 0.2) is 0 Å². The Bertz CT molecular complexity index is 914. The van der Waals surface area contributed by atoms with Crippen LogP contribution in [0.4, 0.5) is 11.4 Å². The molecule has 156 valence electrons. The van der Waals surface area contributed by atoms with E-state index in [1.54, 1.807) is 0 Å². The molecule has 0 spiro atoms. The third-order valence-electron chi connectivity index (χ3n) is 4.10. The van der Waals surface area contributed by atoms with Gasteiger partial charge in [-0.1, -0.05) is 24.3 Å². The Morgan fingerprint density at radius 1 is 0.733 bits per heavy atom. The fourth-order valence-corrected chi connectivity index (χ4v) is 2.72. The van der Waals surface area contributed by atoms with Crippen LogP contribution in [0.3, 0.4) is 0 Å². The molecule has 0 aromatic heterocycles. The summed E-state index contributed by atoms with van der Waals surface area (Å²) in [4.78, 5) is 12.2. The third-order valence-corrected chi connectivity index (χ3v) is 4.10. The van der Waals surface area contributed by atoms with E-state index in [0.717, 1.165) is 22.9 Å². The smallest absolute Gasteiger partial charge is 0.243 e. The average Bonchev–Trinajstić information content (AvgIpc) is 2.78. The number of carbonyl (C=O) groups is 1. The van der Waals surface area contributed by atoms with E-state index in [1.165, 1.54) is 0 Å². The zero-order valence-corrected chi connectivity index (χ0v) is 17.0. The largest absolute Gasteiger partial charge is 0.494 e. The Hall–Kier alpha value is -3.67. The van der Waals surface area contributed by atoms with Gasteiger partial charge in [-0.15, -0.1) is 0 Å². The molecule has 3 rings (SSSR count). The van der Waals surface area contributed by atoms with Gasteiger partial charge in [-0.3, -0.25) is 4.79 Å². The van der Waals surface area contributed by atoms with Gasteiger partial charge in [0.25, 0.3) is 0 Å². The van der Waals surface area contributed by atoms with Crippen molar-refractivity contribution in [2.24, 2.45) is 0 Å². The quantitative estimate of drug-likeness (QED) is 0.456. The Morgan fingerprint density at radius 2 is 1.40 bits per heavy atom. The molecule has 0 aliphatic rings. The fourth-order valence-electron chi connectivity index (χ4n) is 2.72. The normalized spacial score (nSPS) is 10.2. The first-order valence-corrected chi connectivity index (χ1v) is 9.90. The summed E-state index contributed by atoms with van der Waals surface area (Å²) in [6, 6.07) is 24.4. The van der Waals surface area contributed by atoms with Crippen molar-refractivity contribution in [3.8, 4) is 17.2 Å². The van der Waals surface area contributed by atoms with Gasteiger partial charge in [-0.05, 0) is 55.5 Å². The van der Waals surface area contributed by atoms with Crippen molar-refractivity contribution in [3.63, 3.8) is 0 Å². The van der Waals surface area contributed by atoms with Crippen LogP contribution in [0.5, 0.6) is 17.2 Å². The van der Waals surface area contributed by atoms with Crippen LogP contribution in [0.25, 0.3) is 0 Å². The summed E-state index contributed by atoms with van der Waals surface area (Å²) >= 11 is 0. The lowest BCUT2D eigenvalue weighted by molar-refractivity contribution is -0.114. The highest BCUT2D eigenvalue weighted by Gasteiger charge is 2.04. The Kier molecular flexibility index (Phi) is 7.97. The number of carbonyl (C=O) groups excluding carboxylic acids is 1. The molecule has 0 bridgehead atoms. The first-order chi connectivity index (χ1) is 14.7. The van der Waals surface area contributed by atoms with Gasteiger partial charge in [0.05, 0.1) is 13.2 Å². The van der Waals surface area contributed by atoms with Crippen molar-refractivity contribution in [1.29, 1.82) is 0 Å². The summed E-state index contributed by atoms with van der Waals surface area (Å²) in [5.41, 5.74) is 1.53. The van der Waals surface area contributed by atoms with E-state index in [0.29, 0.717) is 25.6 Å². The molecule has 6 nitrogen and oxygen atoms in total. The minimum absolute atomic E-state index is 0.137. The highest BCUT2D eigenvalue weighted by atomic mass is 16.5. The molecule has 2 N–H and O–H groups in total. The van der Waals surface area contributed by atoms with Gasteiger partial charge >= 0.3 is 0 Å². The summed E-state index contributed by atoms with van der Waals surface area (Å²) in [5.74, 6) is 2.17. The van der Waals surface area contributed by atoms with Crippen molar-refractivity contribution >= 4 is 17.3 Å². The fraction of sp³-hybridized carbons (Fsp3) is 0.208. The molecule has 3 aromatic carbocycles. The van der Waals surface area contributed by atoms with Gasteiger partial charge in [-0.25, -0.2) is 0 Å². The molecule has 0 saturated carbocycles. The van der Waals surface area contributed by atoms with E-state index >= 15 is 0 Å². The zero-order chi connectivity index (χ0) is 21.0. The van der Waals surface area contributed by atoms with E-state index in [4.69, 9.17) is 14.2 Å². The number of rotatable bonds is 11. The molecule has 0 heterocycles. The highest BCUT2D eigenvalue weighted by molar-refractivity contribution is 5.93. The molecule has 3 aromatic rings. The van der Waals surface area contributed by atoms with Crippen LogP contribution in [0.15, 0.2) is 78.9 Å². The van der Waals surface area contributed by atoms with Crippen molar-refractivity contribution in [1.82, 2.24) is 0 Å². The maximum Gasteiger partial charge on any atom is 0.243 e. The minimum Gasteiger partial charge on any atom is -0.494 e. The summed E-state index contributed by atoms with van der Waals surface area (Å²) < 4.78 is 16.7. The Morgan fingerprint density at radius 3 is 2.13 bits per heavy atom. The molecule has 30 heavy (non-hydrogen) atoms.